The van der Waals surface area contributed by atoms with Crippen LogP contribution in [0.3, 0.4) is 0 Å². The van der Waals surface area contributed by atoms with Crippen molar-refractivity contribution in [3.63, 3.8) is 0 Å². The van der Waals surface area contributed by atoms with E-state index in [0.717, 1.165) is 5.69 Å². The first kappa shape index (κ1) is 18.7. The molecule has 0 bridgehead atoms. The van der Waals surface area contributed by atoms with Gasteiger partial charge in [-0.25, -0.2) is 4.98 Å². The van der Waals surface area contributed by atoms with Gasteiger partial charge < -0.3 is 19.5 Å². The summed E-state index contributed by atoms with van der Waals surface area (Å²) in [5.74, 6) is 1.38. The molecule has 1 aromatic carbocycles. The normalized spacial score (nSPS) is 10.3. The van der Waals surface area contributed by atoms with E-state index >= 15 is 0 Å². The van der Waals surface area contributed by atoms with Gasteiger partial charge in [0.15, 0.2) is 11.5 Å². The number of para-hydroxylation sites is 1. The summed E-state index contributed by atoms with van der Waals surface area (Å²) in [6.07, 6.45) is 1.69. The van der Waals surface area contributed by atoms with Crippen LogP contribution in [0.5, 0.6) is 17.2 Å². The van der Waals surface area contributed by atoms with E-state index in [2.05, 4.69) is 15.3 Å². The molecule has 1 amide bonds. The molecule has 0 saturated heterocycles. The fourth-order valence-electron chi connectivity index (χ4n) is 2.34. The summed E-state index contributed by atoms with van der Waals surface area (Å²) in [6.45, 7) is 0.552. The summed E-state index contributed by atoms with van der Waals surface area (Å²) in [6, 6.07) is 10.9. The van der Waals surface area contributed by atoms with Gasteiger partial charge in [0.25, 0.3) is 5.91 Å². The minimum absolute atomic E-state index is 0.203. The summed E-state index contributed by atoms with van der Waals surface area (Å²) in [7, 11) is 3.13. The Balaban J connectivity index is 1.61. The number of methoxy groups -OCH3 is 2. The maximum absolute atomic E-state index is 12.2. The van der Waals surface area contributed by atoms with Crippen molar-refractivity contribution in [3.8, 4) is 17.2 Å². The van der Waals surface area contributed by atoms with E-state index in [1.807, 2.05) is 24.3 Å². The first-order chi connectivity index (χ1) is 13.2. The van der Waals surface area contributed by atoms with E-state index in [1.54, 1.807) is 37.9 Å². The Morgan fingerprint density at radius 2 is 1.89 bits per heavy atom. The van der Waals surface area contributed by atoms with Gasteiger partial charge in [-0.3, -0.25) is 9.78 Å². The van der Waals surface area contributed by atoms with E-state index in [9.17, 15) is 4.79 Å². The third-order valence-corrected chi connectivity index (χ3v) is 4.49. The first-order valence-electron chi connectivity index (χ1n) is 8.17. The van der Waals surface area contributed by atoms with Crippen LogP contribution in [0.2, 0.25) is 0 Å². The molecule has 0 unspecified atom stereocenters. The highest BCUT2D eigenvalue weighted by molar-refractivity contribution is 7.09. The number of pyridine rings is 1. The molecule has 0 aliphatic heterocycles. The number of thiazole rings is 1. The fourth-order valence-corrected chi connectivity index (χ4v) is 3.02. The van der Waals surface area contributed by atoms with Crippen LogP contribution in [-0.4, -0.2) is 30.1 Å². The molecule has 0 fully saturated rings. The number of nitrogens with one attached hydrogen (secondary N) is 1. The van der Waals surface area contributed by atoms with Gasteiger partial charge in [-0.05, 0) is 24.3 Å². The molecule has 2 aromatic heterocycles. The zero-order valence-corrected chi connectivity index (χ0v) is 15.8. The Hall–Kier alpha value is -3.13. The molecule has 0 atom stereocenters. The average Bonchev–Trinajstić information content (AvgIpc) is 3.20. The molecule has 2 heterocycles. The van der Waals surface area contributed by atoms with E-state index in [-0.39, 0.29) is 12.5 Å². The SMILES string of the molecule is COc1cccc(OC)c1OCc1nc(C(=O)NCc2ccccn2)cs1. The van der Waals surface area contributed by atoms with Crippen molar-refractivity contribution in [1.29, 1.82) is 0 Å². The van der Waals surface area contributed by atoms with E-state index in [4.69, 9.17) is 14.2 Å². The Morgan fingerprint density at radius 1 is 1.11 bits per heavy atom. The van der Waals surface area contributed by atoms with Crippen LogP contribution in [0.1, 0.15) is 21.2 Å². The van der Waals surface area contributed by atoms with Crippen molar-refractivity contribution in [3.05, 3.63) is 64.4 Å². The summed E-state index contributed by atoms with van der Waals surface area (Å²) in [4.78, 5) is 20.7. The number of benzene rings is 1. The van der Waals surface area contributed by atoms with Gasteiger partial charge >= 0.3 is 0 Å². The van der Waals surface area contributed by atoms with Crippen molar-refractivity contribution in [2.75, 3.05) is 14.2 Å². The Kier molecular flexibility index (Phi) is 6.22. The molecule has 27 heavy (non-hydrogen) atoms. The number of aromatic nitrogens is 2. The van der Waals surface area contributed by atoms with Gasteiger partial charge in [0.05, 0.1) is 26.5 Å². The second-order valence-electron chi connectivity index (χ2n) is 5.41. The lowest BCUT2D eigenvalue weighted by molar-refractivity contribution is 0.0945. The van der Waals surface area contributed by atoms with Gasteiger partial charge in [-0.2, -0.15) is 0 Å². The minimum atomic E-state index is -0.252. The molecule has 0 saturated carbocycles. The Labute approximate surface area is 161 Å². The third-order valence-electron chi connectivity index (χ3n) is 3.66. The zero-order valence-electron chi connectivity index (χ0n) is 15.0. The highest BCUT2D eigenvalue weighted by Crippen LogP contribution is 2.37. The van der Waals surface area contributed by atoms with Crippen molar-refractivity contribution >= 4 is 17.2 Å². The lowest BCUT2D eigenvalue weighted by Crippen LogP contribution is -2.23. The summed E-state index contributed by atoms with van der Waals surface area (Å²) >= 11 is 1.35. The fraction of sp³-hybridized carbons (Fsp3) is 0.211. The maximum atomic E-state index is 12.2. The summed E-state index contributed by atoms with van der Waals surface area (Å²) in [5, 5.41) is 5.17. The molecule has 140 valence electrons. The number of hydrogen-bond acceptors (Lipinski definition) is 7. The van der Waals surface area contributed by atoms with Crippen LogP contribution in [0, 0.1) is 0 Å². The van der Waals surface area contributed by atoms with Gasteiger partial charge in [0.2, 0.25) is 5.75 Å². The summed E-state index contributed by atoms with van der Waals surface area (Å²) < 4.78 is 16.4. The second-order valence-corrected chi connectivity index (χ2v) is 6.35. The third kappa shape index (κ3) is 4.73. The molecule has 3 rings (SSSR count). The monoisotopic (exact) mass is 385 g/mol. The molecule has 7 nitrogen and oxygen atoms in total. The van der Waals surface area contributed by atoms with Crippen LogP contribution < -0.4 is 19.5 Å². The lowest BCUT2D eigenvalue weighted by Gasteiger charge is -2.13. The van der Waals surface area contributed by atoms with Crippen molar-refractivity contribution in [2.45, 2.75) is 13.2 Å². The zero-order chi connectivity index (χ0) is 19.1. The molecule has 0 aliphatic carbocycles. The number of carbonyl (C=O) groups is 1. The van der Waals surface area contributed by atoms with Gasteiger partial charge in [0, 0.05) is 11.6 Å². The average molecular weight is 385 g/mol. The Bertz CT molecular complexity index is 877. The van der Waals surface area contributed by atoms with Gasteiger partial charge in [-0.15, -0.1) is 11.3 Å². The molecule has 1 N–H and O–H groups in total. The topological polar surface area (TPSA) is 82.6 Å². The predicted molar refractivity (Wildman–Crippen MR) is 101 cm³/mol. The molecule has 0 aliphatic rings. The summed E-state index contributed by atoms with van der Waals surface area (Å²) in [5.41, 5.74) is 1.13. The van der Waals surface area contributed by atoms with Gasteiger partial charge in [-0.1, -0.05) is 12.1 Å². The van der Waals surface area contributed by atoms with Crippen LogP contribution in [0.25, 0.3) is 0 Å². The van der Waals surface area contributed by atoms with Crippen LogP contribution in [-0.2, 0) is 13.2 Å². The number of rotatable bonds is 8. The lowest BCUT2D eigenvalue weighted by atomic mass is 10.3. The van der Waals surface area contributed by atoms with Crippen molar-refractivity contribution < 1.29 is 19.0 Å². The van der Waals surface area contributed by atoms with Crippen molar-refractivity contribution in [1.82, 2.24) is 15.3 Å². The Morgan fingerprint density at radius 3 is 2.56 bits per heavy atom. The van der Waals surface area contributed by atoms with Crippen LogP contribution in [0.15, 0.2) is 48.0 Å². The molecular formula is C19H19N3O4S. The largest absolute Gasteiger partial charge is 0.493 e. The number of ether oxygens (including phenoxy) is 3. The van der Waals surface area contributed by atoms with Crippen LogP contribution in [0.4, 0.5) is 0 Å². The maximum Gasteiger partial charge on any atom is 0.271 e. The van der Waals surface area contributed by atoms with Gasteiger partial charge in [0.1, 0.15) is 17.3 Å². The van der Waals surface area contributed by atoms with E-state index in [0.29, 0.717) is 34.5 Å². The van der Waals surface area contributed by atoms with E-state index < -0.39 is 0 Å². The van der Waals surface area contributed by atoms with E-state index in [1.165, 1.54) is 11.3 Å². The smallest absolute Gasteiger partial charge is 0.271 e. The molecule has 0 spiro atoms. The number of nitrogens with zero attached hydrogens (tertiary/aromatic N) is 2. The number of carbonyl (C=O) groups excluding carboxylic acids is 1. The standard InChI is InChI=1S/C19H19N3O4S/c1-24-15-7-5-8-16(25-2)18(15)26-11-17-22-14(12-27-17)19(23)21-10-13-6-3-4-9-20-13/h3-9,12H,10-11H2,1-2H3,(H,21,23). The second kappa shape index (κ2) is 9.00. The first-order valence-corrected chi connectivity index (χ1v) is 9.05. The number of hydrogen-bond donors (Lipinski definition) is 1. The molecule has 8 heteroatoms. The number of amides is 1. The molecular weight excluding hydrogens is 366 g/mol. The highest BCUT2D eigenvalue weighted by Gasteiger charge is 2.14. The van der Waals surface area contributed by atoms with Crippen molar-refractivity contribution in [2.24, 2.45) is 0 Å². The highest BCUT2D eigenvalue weighted by atomic mass is 32.1. The predicted octanol–water partition coefficient (Wildman–Crippen LogP) is 3.06. The quantitative estimate of drug-likeness (QED) is 0.642. The minimum Gasteiger partial charge on any atom is -0.493 e. The molecule has 3 aromatic rings. The molecule has 0 radical (unpaired) electrons. The van der Waals surface area contributed by atoms with Crippen LogP contribution >= 0.6 is 11.3 Å².